The number of hydrogen-bond donors (Lipinski definition) is 1. The van der Waals surface area contributed by atoms with Gasteiger partial charge in [-0.15, -0.1) is 0 Å². The maximum Gasteiger partial charge on any atom is 0.338 e. The van der Waals surface area contributed by atoms with E-state index in [0.717, 1.165) is 25.7 Å². The molecule has 26 heavy (non-hydrogen) atoms. The topological polar surface area (TPSA) is 82.1 Å². The van der Waals surface area contributed by atoms with Crippen molar-refractivity contribution in [3.8, 4) is 0 Å². The first kappa shape index (κ1) is 17.0. The van der Waals surface area contributed by atoms with Gasteiger partial charge in [0, 0.05) is 17.8 Å². The normalized spacial score (nSPS) is 55.7. The zero-order valence-electron chi connectivity index (χ0n) is 15.6. The van der Waals surface area contributed by atoms with E-state index < -0.39 is 28.1 Å². The highest BCUT2D eigenvalue weighted by Gasteiger charge is 2.76. The van der Waals surface area contributed by atoms with E-state index in [1.54, 1.807) is 0 Å². The van der Waals surface area contributed by atoms with Crippen LogP contribution in [0.5, 0.6) is 0 Å². The van der Waals surface area contributed by atoms with Crippen LogP contribution in [-0.4, -0.2) is 47.6 Å². The summed E-state index contributed by atoms with van der Waals surface area (Å²) in [5.74, 6) is -0.504. The molecule has 6 heteroatoms. The molecule has 6 nitrogen and oxygen atoms in total. The van der Waals surface area contributed by atoms with Crippen molar-refractivity contribution in [2.24, 2.45) is 22.7 Å². The summed E-state index contributed by atoms with van der Waals surface area (Å²) in [6.07, 6.45) is 4.61. The molecule has 0 aromatic heterocycles. The lowest BCUT2D eigenvalue weighted by atomic mass is 9.42. The smallest absolute Gasteiger partial charge is 0.338 e. The first-order valence-corrected chi connectivity index (χ1v) is 10.0. The van der Waals surface area contributed by atoms with E-state index in [1.807, 2.05) is 6.92 Å². The Hall–Kier alpha value is -1.14. The summed E-state index contributed by atoms with van der Waals surface area (Å²) in [6, 6.07) is 0. The third-order valence-electron chi connectivity index (χ3n) is 8.54. The maximum atomic E-state index is 12.7. The minimum Gasteiger partial charge on any atom is -0.465 e. The zero-order chi connectivity index (χ0) is 18.4. The number of cyclic esters (lactones) is 2. The van der Waals surface area contributed by atoms with Gasteiger partial charge >= 0.3 is 11.9 Å². The van der Waals surface area contributed by atoms with Gasteiger partial charge in [0.15, 0.2) is 5.60 Å². The third-order valence-corrected chi connectivity index (χ3v) is 8.54. The highest BCUT2D eigenvalue weighted by molar-refractivity contribution is 5.82. The molecule has 144 valence electrons. The Labute approximate surface area is 153 Å². The first-order valence-electron chi connectivity index (χ1n) is 10.0. The van der Waals surface area contributed by atoms with Crippen LogP contribution in [0.2, 0.25) is 0 Å². The van der Waals surface area contributed by atoms with E-state index in [0.29, 0.717) is 32.5 Å². The van der Waals surface area contributed by atoms with Gasteiger partial charge in [-0.1, -0.05) is 13.3 Å². The van der Waals surface area contributed by atoms with Gasteiger partial charge < -0.3 is 19.3 Å². The molecule has 2 bridgehead atoms. The molecule has 3 aliphatic heterocycles. The van der Waals surface area contributed by atoms with Crippen LogP contribution in [-0.2, 0) is 23.8 Å². The summed E-state index contributed by atoms with van der Waals surface area (Å²) in [5, 5.41) is 11.1. The van der Waals surface area contributed by atoms with Gasteiger partial charge in [-0.25, -0.2) is 4.79 Å². The van der Waals surface area contributed by atoms with Crippen LogP contribution in [0.1, 0.15) is 58.8 Å². The Morgan fingerprint density at radius 2 is 1.85 bits per heavy atom. The molecule has 7 atom stereocenters. The number of ether oxygens (including phenoxy) is 3. The van der Waals surface area contributed by atoms with Crippen molar-refractivity contribution < 1.29 is 28.9 Å². The SMILES string of the molecule is C[C@H]1C[C@H](O)[C@H]2[C@]3(CCC[C@]2(C)C(=O)OC3)[C@@]12CC[C@]1(CCOC1=O)O2. The molecule has 3 heterocycles. The molecular formula is C20H28O6. The Balaban J connectivity index is 1.64. The van der Waals surface area contributed by atoms with Gasteiger partial charge in [-0.2, -0.15) is 0 Å². The van der Waals surface area contributed by atoms with Crippen LogP contribution < -0.4 is 0 Å². The minimum absolute atomic E-state index is 0.0978. The van der Waals surface area contributed by atoms with Crippen molar-refractivity contribution in [1.82, 2.24) is 0 Å². The van der Waals surface area contributed by atoms with Crippen LogP contribution in [0.25, 0.3) is 0 Å². The van der Waals surface area contributed by atoms with Gasteiger partial charge in [0.25, 0.3) is 0 Å². The van der Waals surface area contributed by atoms with Crippen molar-refractivity contribution >= 4 is 11.9 Å². The fourth-order valence-corrected chi connectivity index (χ4v) is 7.41. The lowest BCUT2D eigenvalue weighted by molar-refractivity contribution is -0.302. The van der Waals surface area contributed by atoms with Crippen LogP contribution in [0.3, 0.4) is 0 Å². The summed E-state index contributed by atoms with van der Waals surface area (Å²) in [6.45, 7) is 4.78. The van der Waals surface area contributed by atoms with E-state index in [2.05, 4.69) is 6.92 Å². The van der Waals surface area contributed by atoms with Crippen LogP contribution in [0.4, 0.5) is 0 Å². The fraction of sp³-hybridized carbons (Fsp3) is 0.900. The van der Waals surface area contributed by atoms with Gasteiger partial charge in [0.05, 0.1) is 23.7 Å². The molecule has 2 saturated carbocycles. The summed E-state index contributed by atoms with van der Waals surface area (Å²) in [5.41, 5.74) is -2.47. The van der Waals surface area contributed by atoms with Crippen molar-refractivity contribution in [3.63, 3.8) is 0 Å². The fourth-order valence-electron chi connectivity index (χ4n) is 7.41. The van der Waals surface area contributed by atoms with Crippen molar-refractivity contribution in [3.05, 3.63) is 0 Å². The second-order valence-electron chi connectivity index (χ2n) is 9.56. The highest BCUT2D eigenvalue weighted by Crippen LogP contribution is 2.70. The lowest BCUT2D eigenvalue weighted by Gasteiger charge is -2.67. The number of carbonyl (C=O) groups excluding carboxylic acids is 2. The number of hydrogen-bond acceptors (Lipinski definition) is 6. The zero-order valence-corrected chi connectivity index (χ0v) is 15.6. The molecule has 1 N–H and O–H groups in total. The van der Waals surface area contributed by atoms with E-state index in [4.69, 9.17) is 14.2 Å². The van der Waals surface area contributed by atoms with E-state index >= 15 is 0 Å². The Morgan fingerprint density at radius 1 is 1.04 bits per heavy atom. The Bertz CT molecular complexity index is 677. The van der Waals surface area contributed by atoms with Gasteiger partial charge in [0.1, 0.15) is 6.61 Å². The highest BCUT2D eigenvalue weighted by atomic mass is 16.6. The molecule has 5 rings (SSSR count). The summed E-state index contributed by atoms with van der Waals surface area (Å²) in [4.78, 5) is 25.1. The molecule has 2 aliphatic carbocycles. The molecule has 0 aromatic rings. The standard InChI is InChI=1S/C20H28O6/c1-12-10-13(21)14-17(2)4-3-5-18(14,11-25-15(17)22)20(12)7-6-19(26-20)8-9-24-16(19)23/h12-14,21H,3-11H2,1-2H3/t12-,13-,14+,17-,18+,19+,20+/m0/s1. The van der Waals surface area contributed by atoms with E-state index in [9.17, 15) is 14.7 Å². The lowest BCUT2D eigenvalue weighted by Crippen LogP contribution is -2.73. The van der Waals surface area contributed by atoms with Crippen LogP contribution in [0.15, 0.2) is 0 Å². The molecule has 5 aliphatic rings. The molecular weight excluding hydrogens is 336 g/mol. The predicted octanol–water partition coefficient (Wildman–Crippen LogP) is 1.97. The summed E-state index contributed by atoms with van der Waals surface area (Å²) in [7, 11) is 0. The van der Waals surface area contributed by atoms with Crippen molar-refractivity contribution in [2.45, 2.75) is 76.1 Å². The molecule has 0 aromatic carbocycles. The third kappa shape index (κ3) is 1.71. The molecule has 0 unspecified atom stereocenters. The predicted molar refractivity (Wildman–Crippen MR) is 90.0 cm³/mol. The summed E-state index contributed by atoms with van der Waals surface area (Å²) >= 11 is 0. The quantitative estimate of drug-likeness (QED) is 0.662. The number of aliphatic hydroxyl groups excluding tert-OH is 1. The van der Waals surface area contributed by atoms with Gasteiger partial charge in [-0.05, 0) is 44.9 Å². The van der Waals surface area contributed by atoms with Crippen LogP contribution in [0, 0.1) is 22.7 Å². The summed E-state index contributed by atoms with van der Waals surface area (Å²) < 4.78 is 17.7. The Kier molecular flexibility index (Phi) is 3.28. The minimum atomic E-state index is -0.842. The van der Waals surface area contributed by atoms with E-state index in [-0.39, 0.29) is 23.8 Å². The van der Waals surface area contributed by atoms with Crippen molar-refractivity contribution in [2.75, 3.05) is 13.2 Å². The number of carbonyl (C=O) groups is 2. The van der Waals surface area contributed by atoms with Gasteiger partial charge in [-0.3, -0.25) is 4.79 Å². The number of esters is 2. The maximum absolute atomic E-state index is 12.7. The second-order valence-corrected chi connectivity index (χ2v) is 9.56. The van der Waals surface area contributed by atoms with Crippen molar-refractivity contribution in [1.29, 1.82) is 0 Å². The average Bonchev–Trinajstić information content (AvgIpc) is 3.16. The molecule has 0 radical (unpaired) electrons. The van der Waals surface area contributed by atoms with Gasteiger partial charge in [0.2, 0.25) is 0 Å². The first-order chi connectivity index (χ1) is 12.3. The number of aliphatic hydroxyl groups is 1. The molecule has 0 amide bonds. The second kappa shape index (κ2) is 5.02. The average molecular weight is 364 g/mol. The molecule has 5 fully saturated rings. The number of rotatable bonds is 0. The Morgan fingerprint density at radius 3 is 2.58 bits per heavy atom. The van der Waals surface area contributed by atoms with E-state index in [1.165, 1.54) is 0 Å². The largest absolute Gasteiger partial charge is 0.465 e. The molecule has 3 saturated heterocycles. The monoisotopic (exact) mass is 364 g/mol. The molecule has 2 spiro atoms. The van der Waals surface area contributed by atoms with Crippen LogP contribution >= 0.6 is 0 Å².